The van der Waals surface area contributed by atoms with Crippen molar-refractivity contribution in [2.75, 3.05) is 19.6 Å². The summed E-state index contributed by atoms with van der Waals surface area (Å²) >= 11 is 0. The molecule has 0 spiro atoms. The molecule has 22 heavy (non-hydrogen) atoms. The topological polar surface area (TPSA) is 46.3 Å². The van der Waals surface area contributed by atoms with Gasteiger partial charge in [0.15, 0.2) is 0 Å². The fraction of sp³-hybridized carbons (Fsp3) is 0.588. The molecule has 1 atom stereocenters. The molecular weight excluding hydrogens is 303 g/mol. The normalized spacial score (nSPS) is 23.4. The highest BCUT2D eigenvalue weighted by Crippen LogP contribution is 2.43. The number of amides is 1. The largest absolute Gasteiger partial charge is 0.342 e. The molecule has 1 saturated carbocycles. The van der Waals surface area contributed by atoms with Crippen LogP contribution in [-0.4, -0.2) is 30.4 Å². The van der Waals surface area contributed by atoms with Crippen LogP contribution in [0.5, 0.6) is 0 Å². The van der Waals surface area contributed by atoms with Crippen LogP contribution < -0.4 is 5.73 Å². The molecule has 1 unspecified atom stereocenters. The van der Waals surface area contributed by atoms with Gasteiger partial charge < -0.3 is 10.6 Å². The molecule has 1 aromatic rings. The molecule has 5 heteroatoms. The third kappa shape index (κ3) is 2.99. The maximum absolute atomic E-state index is 13.6. The van der Waals surface area contributed by atoms with Crippen molar-refractivity contribution in [2.24, 2.45) is 11.7 Å². The van der Waals surface area contributed by atoms with Crippen LogP contribution in [0, 0.1) is 11.7 Å². The van der Waals surface area contributed by atoms with Crippen molar-refractivity contribution in [3.05, 3.63) is 35.6 Å². The highest BCUT2D eigenvalue weighted by atomic mass is 35.5. The maximum atomic E-state index is 13.6. The van der Waals surface area contributed by atoms with E-state index in [0.29, 0.717) is 12.5 Å². The van der Waals surface area contributed by atoms with Crippen LogP contribution in [0.4, 0.5) is 4.39 Å². The minimum absolute atomic E-state index is 0. The number of carbonyl (C=O) groups is 1. The molecule has 1 saturated heterocycles. The number of benzene rings is 1. The summed E-state index contributed by atoms with van der Waals surface area (Å²) in [5.74, 6) is 0.342. The van der Waals surface area contributed by atoms with Crippen LogP contribution in [0.2, 0.25) is 0 Å². The maximum Gasteiger partial charge on any atom is 0.233 e. The van der Waals surface area contributed by atoms with Crippen molar-refractivity contribution in [1.82, 2.24) is 4.90 Å². The van der Waals surface area contributed by atoms with Crippen LogP contribution in [0.15, 0.2) is 24.3 Å². The first-order valence-electron chi connectivity index (χ1n) is 7.91. The first kappa shape index (κ1) is 17.2. The van der Waals surface area contributed by atoms with Crippen molar-refractivity contribution in [3.63, 3.8) is 0 Å². The summed E-state index contributed by atoms with van der Waals surface area (Å²) in [4.78, 5) is 15.1. The van der Waals surface area contributed by atoms with E-state index in [1.54, 1.807) is 12.1 Å². The van der Waals surface area contributed by atoms with Crippen molar-refractivity contribution in [2.45, 2.75) is 37.5 Å². The Morgan fingerprint density at radius 2 is 2.09 bits per heavy atom. The Bertz CT molecular complexity index is 531. The van der Waals surface area contributed by atoms with Crippen molar-refractivity contribution in [1.29, 1.82) is 0 Å². The Labute approximate surface area is 137 Å². The van der Waals surface area contributed by atoms with Crippen LogP contribution in [0.1, 0.15) is 37.7 Å². The van der Waals surface area contributed by atoms with Gasteiger partial charge in [0.2, 0.25) is 5.91 Å². The molecule has 1 amide bonds. The van der Waals surface area contributed by atoms with E-state index in [4.69, 9.17) is 5.73 Å². The van der Waals surface area contributed by atoms with Crippen molar-refractivity contribution in [3.8, 4) is 0 Å². The lowest BCUT2D eigenvalue weighted by molar-refractivity contribution is -0.136. The standard InChI is InChI=1S/C17H23FN2O.ClH/c18-15-5-3-4-14(10-15)17(7-1-2-8-17)16(21)20-9-6-13(11-19)12-20;/h3-5,10,13H,1-2,6-9,11-12,19H2;1H. The third-order valence-corrected chi connectivity index (χ3v) is 5.15. The zero-order valence-corrected chi connectivity index (χ0v) is 13.6. The van der Waals surface area contributed by atoms with Gasteiger partial charge in [-0.05, 0) is 49.4 Å². The number of halogens is 2. The smallest absolute Gasteiger partial charge is 0.233 e. The Hall–Kier alpha value is -1.13. The molecule has 1 aliphatic carbocycles. The van der Waals surface area contributed by atoms with E-state index in [1.807, 2.05) is 11.0 Å². The lowest BCUT2D eigenvalue weighted by Gasteiger charge is -2.33. The number of nitrogens with two attached hydrogens (primary N) is 1. The highest BCUT2D eigenvalue weighted by molar-refractivity contribution is 5.89. The fourth-order valence-corrected chi connectivity index (χ4v) is 3.90. The summed E-state index contributed by atoms with van der Waals surface area (Å²) in [6.07, 6.45) is 4.73. The molecule has 3 rings (SSSR count). The fourth-order valence-electron chi connectivity index (χ4n) is 3.90. The number of hydrogen-bond donors (Lipinski definition) is 1. The van der Waals surface area contributed by atoms with Gasteiger partial charge in [0, 0.05) is 13.1 Å². The monoisotopic (exact) mass is 326 g/mol. The molecule has 2 fully saturated rings. The van der Waals surface area contributed by atoms with E-state index in [2.05, 4.69) is 0 Å². The average Bonchev–Trinajstić information content (AvgIpc) is 3.16. The van der Waals surface area contributed by atoms with Crippen molar-refractivity contribution >= 4 is 18.3 Å². The summed E-state index contributed by atoms with van der Waals surface area (Å²) in [5.41, 5.74) is 6.07. The zero-order chi connectivity index (χ0) is 14.9. The minimum Gasteiger partial charge on any atom is -0.342 e. The minimum atomic E-state index is -0.508. The number of likely N-dealkylation sites (tertiary alicyclic amines) is 1. The number of nitrogens with zero attached hydrogens (tertiary/aromatic N) is 1. The molecule has 2 aliphatic rings. The van der Waals surface area contributed by atoms with Gasteiger partial charge in [0.25, 0.3) is 0 Å². The average molecular weight is 327 g/mol. The predicted octanol–water partition coefficient (Wildman–Crippen LogP) is 2.87. The first-order chi connectivity index (χ1) is 10.2. The summed E-state index contributed by atoms with van der Waals surface area (Å²) in [7, 11) is 0. The Morgan fingerprint density at radius 3 is 2.68 bits per heavy atom. The van der Waals surface area contributed by atoms with Gasteiger partial charge in [-0.1, -0.05) is 25.0 Å². The molecule has 0 radical (unpaired) electrons. The number of rotatable bonds is 3. The highest BCUT2D eigenvalue weighted by Gasteiger charge is 2.46. The molecule has 0 aromatic heterocycles. The zero-order valence-electron chi connectivity index (χ0n) is 12.8. The van der Waals surface area contributed by atoms with E-state index in [0.717, 1.165) is 50.8 Å². The van der Waals surface area contributed by atoms with Gasteiger partial charge in [0.1, 0.15) is 5.82 Å². The molecule has 2 N–H and O–H groups in total. The molecule has 122 valence electrons. The van der Waals surface area contributed by atoms with Crippen LogP contribution >= 0.6 is 12.4 Å². The first-order valence-corrected chi connectivity index (χ1v) is 7.91. The van der Waals surface area contributed by atoms with Gasteiger partial charge >= 0.3 is 0 Å². The molecule has 1 aliphatic heterocycles. The van der Waals surface area contributed by atoms with Crippen LogP contribution in [0.25, 0.3) is 0 Å². The quantitative estimate of drug-likeness (QED) is 0.928. The Kier molecular flexibility index (Phi) is 5.45. The molecule has 3 nitrogen and oxygen atoms in total. The summed E-state index contributed by atoms with van der Waals surface area (Å²) in [6, 6.07) is 6.60. The van der Waals surface area contributed by atoms with E-state index in [1.165, 1.54) is 6.07 Å². The summed E-state index contributed by atoms with van der Waals surface area (Å²) in [5, 5.41) is 0. The second-order valence-electron chi connectivity index (χ2n) is 6.44. The third-order valence-electron chi connectivity index (χ3n) is 5.15. The van der Waals surface area contributed by atoms with E-state index < -0.39 is 5.41 Å². The Balaban J connectivity index is 0.00000176. The van der Waals surface area contributed by atoms with E-state index in [-0.39, 0.29) is 24.1 Å². The SMILES string of the molecule is Cl.NCC1CCN(C(=O)C2(c3cccc(F)c3)CCCC2)C1. The van der Waals surface area contributed by atoms with Gasteiger partial charge in [-0.3, -0.25) is 4.79 Å². The van der Waals surface area contributed by atoms with E-state index in [9.17, 15) is 9.18 Å². The van der Waals surface area contributed by atoms with Gasteiger partial charge in [-0.2, -0.15) is 0 Å². The van der Waals surface area contributed by atoms with Crippen LogP contribution in [-0.2, 0) is 10.2 Å². The van der Waals surface area contributed by atoms with E-state index >= 15 is 0 Å². The molecule has 1 heterocycles. The second kappa shape index (κ2) is 6.97. The second-order valence-corrected chi connectivity index (χ2v) is 6.44. The molecular formula is C17H24ClFN2O. The lowest BCUT2D eigenvalue weighted by Crippen LogP contribution is -2.44. The van der Waals surface area contributed by atoms with Gasteiger partial charge in [-0.25, -0.2) is 4.39 Å². The molecule has 1 aromatic carbocycles. The van der Waals surface area contributed by atoms with Crippen LogP contribution in [0.3, 0.4) is 0 Å². The van der Waals surface area contributed by atoms with Crippen molar-refractivity contribution < 1.29 is 9.18 Å². The van der Waals surface area contributed by atoms with Gasteiger partial charge in [0.05, 0.1) is 5.41 Å². The Morgan fingerprint density at radius 1 is 1.36 bits per heavy atom. The number of carbonyl (C=O) groups excluding carboxylic acids is 1. The molecule has 0 bridgehead atoms. The number of hydrogen-bond acceptors (Lipinski definition) is 2. The predicted molar refractivity (Wildman–Crippen MR) is 87.5 cm³/mol. The lowest BCUT2D eigenvalue weighted by atomic mass is 9.77. The summed E-state index contributed by atoms with van der Waals surface area (Å²) < 4.78 is 13.6. The van der Waals surface area contributed by atoms with Gasteiger partial charge in [-0.15, -0.1) is 12.4 Å². The summed E-state index contributed by atoms with van der Waals surface area (Å²) in [6.45, 7) is 2.18.